The average molecular weight is 229 g/mol. The van der Waals surface area contributed by atoms with E-state index in [1.54, 1.807) is 6.07 Å². The molecule has 0 aromatic heterocycles. The van der Waals surface area contributed by atoms with E-state index in [0.29, 0.717) is 6.61 Å². The monoisotopic (exact) mass is 229 g/mol. The van der Waals surface area contributed by atoms with Gasteiger partial charge < -0.3 is 10.1 Å². The lowest BCUT2D eigenvalue weighted by Gasteiger charge is -2.21. The van der Waals surface area contributed by atoms with Crippen LogP contribution in [0.5, 0.6) is 0 Å². The van der Waals surface area contributed by atoms with Crippen molar-refractivity contribution < 1.29 is 9.53 Å². The Labute approximate surface area is 101 Å². The van der Waals surface area contributed by atoms with Crippen LogP contribution in [-0.4, -0.2) is 19.1 Å². The van der Waals surface area contributed by atoms with Crippen molar-refractivity contribution in [1.82, 2.24) is 0 Å². The Bertz CT molecular complexity index is 442. The van der Waals surface area contributed by atoms with E-state index in [0.717, 1.165) is 30.7 Å². The molecule has 88 valence electrons. The summed E-state index contributed by atoms with van der Waals surface area (Å²) < 4.78 is 5.29. The second-order valence-corrected chi connectivity index (χ2v) is 4.13. The summed E-state index contributed by atoms with van der Waals surface area (Å²) in [6, 6.07) is 7.30. The number of ether oxygens (including phenoxy) is 1. The van der Waals surface area contributed by atoms with Crippen LogP contribution in [0.4, 0.5) is 5.69 Å². The van der Waals surface area contributed by atoms with Gasteiger partial charge in [0.05, 0.1) is 12.5 Å². The summed E-state index contributed by atoms with van der Waals surface area (Å²) in [7, 11) is 0. The lowest BCUT2D eigenvalue weighted by atomic mass is 10.0. The minimum absolute atomic E-state index is 0.0128. The van der Waals surface area contributed by atoms with Crippen molar-refractivity contribution in [2.45, 2.75) is 12.8 Å². The molecule has 1 unspecified atom stereocenters. The Morgan fingerprint density at radius 2 is 2.41 bits per heavy atom. The summed E-state index contributed by atoms with van der Waals surface area (Å²) in [6.45, 7) is 1.27. The van der Waals surface area contributed by atoms with Crippen LogP contribution in [-0.2, 0) is 9.53 Å². The number of rotatable bonds is 2. The third-order valence-corrected chi connectivity index (χ3v) is 2.83. The minimum Gasteiger partial charge on any atom is -0.381 e. The molecule has 1 heterocycles. The minimum atomic E-state index is -0.0433. The van der Waals surface area contributed by atoms with Crippen molar-refractivity contribution in [1.29, 1.82) is 0 Å². The van der Waals surface area contributed by atoms with Gasteiger partial charge in [0.1, 0.15) is 0 Å². The molecular formula is C14H15NO2. The van der Waals surface area contributed by atoms with E-state index in [1.165, 1.54) is 0 Å². The van der Waals surface area contributed by atoms with Gasteiger partial charge in [-0.25, -0.2) is 0 Å². The molecule has 1 saturated heterocycles. The molecular weight excluding hydrogens is 214 g/mol. The van der Waals surface area contributed by atoms with Gasteiger partial charge in [0.25, 0.3) is 0 Å². The molecule has 0 bridgehead atoms. The summed E-state index contributed by atoms with van der Waals surface area (Å²) in [5.41, 5.74) is 1.51. The Kier molecular flexibility index (Phi) is 3.79. The van der Waals surface area contributed by atoms with Gasteiger partial charge in [0.15, 0.2) is 0 Å². The standard InChI is InChI=1S/C14H15NO2/c1-2-11-5-3-7-13(9-11)15-14(16)12-6-4-8-17-10-12/h1,3,5,7,9,12H,4,6,8,10H2,(H,15,16). The molecule has 1 fully saturated rings. The lowest BCUT2D eigenvalue weighted by Crippen LogP contribution is -2.30. The van der Waals surface area contributed by atoms with E-state index in [9.17, 15) is 4.79 Å². The number of carbonyl (C=O) groups is 1. The fraction of sp³-hybridized carbons (Fsp3) is 0.357. The normalized spacial score (nSPS) is 19.4. The van der Waals surface area contributed by atoms with Gasteiger partial charge >= 0.3 is 0 Å². The van der Waals surface area contributed by atoms with Gasteiger partial charge in [-0.1, -0.05) is 12.0 Å². The molecule has 1 aromatic rings. The number of terminal acetylenes is 1. The molecule has 0 spiro atoms. The molecule has 1 aliphatic heterocycles. The topological polar surface area (TPSA) is 38.3 Å². The van der Waals surface area contributed by atoms with Crippen molar-refractivity contribution in [2.24, 2.45) is 5.92 Å². The number of carbonyl (C=O) groups excluding carboxylic acids is 1. The maximum atomic E-state index is 11.9. The van der Waals surface area contributed by atoms with Gasteiger partial charge in [-0.15, -0.1) is 6.42 Å². The smallest absolute Gasteiger partial charge is 0.229 e. The first kappa shape index (κ1) is 11.7. The SMILES string of the molecule is C#Cc1cccc(NC(=O)C2CCCOC2)c1. The number of benzene rings is 1. The van der Waals surface area contributed by atoms with E-state index in [2.05, 4.69) is 11.2 Å². The molecule has 3 heteroatoms. The van der Waals surface area contributed by atoms with Gasteiger partial charge in [-0.3, -0.25) is 4.79 Å². The van der Waals surface area contributed by atoms with Crippen molar-refractivity contribution in [3.05, 3.63) is 29.8 Å². The molecule has 1 atom stereocenters. The number of hydrogen-bond donors (Lipinski definition) is 1. The third-order valence-electron chi connectivity index (χ3n) is 2.83. The van der Waals surface area contributed by atoms with Crippen LogP contribution in [0.15, 0.2) is 24.3 Å². The largest absolute Gasteiger partial charge is 0.381 e. The molecule has 0 radical (unpaired) electrons. The second-order valence-electron chi connectivity index (χ2n) is 4.13. The first-order chi connectivity index (χ1) is 8.29. The van der Waals surface area contributed by atoms with E-state index in [-0.39, 0.29) is 11.8 Å². The Morgan fingerprint density at radius 3 is 3.12 bits per heavy atom. The zero-order valence-electron chi connectivity index (χ0n) is 9.61. The number of amides is 1. The summed E-state index contributed by atoms with van der Waals surface area (Å²) >= 11 is 0. The highest BCUT2D eigenvalue weighted by atomic mass is 16.5. The quantitative estimate of drug-likeness (QED) is 0.788. The average Bonchev–Trinajstić information content (AvgIpc) is 2.40. The molecule has 1 N–H and O–H groups in total. The van der Waals surface area contributed by atoms with Crippen molar-refractivity contribution in [3.8, 4) is 12.3 Å². The highest BCUT2D eigenvalue weighted by molar-refractivity contribution is 5.92. The van der Waals surface area contributed by atoms with E-state index in [4.69, 9.17) is 11.2 Å². The highest BCUT2D eigenvalue weighted by Crippen LogP contribution is 2.17. The van der Waals surface area contributed by atoms with Gasteiger partial charge in [-0.05, 0) is 31.0 Å². The van der Waals surface area contributed by atoms with E-state index in [1.807, 2.05) is 18.2 Å². The van der Waals surface area contributed by atoms with Crippen LogP contribution in [0.2, 0.25) is 0 Å². The van der Waals surface area contributed by atoms with Gasteiger partial charge in [0.2, 0.25) is 5.91 Å². The number of hydrogen-bond acceptors (Lipinski definition) is 2. The summed E-state index contributed by atoms with van der Waals surface area (Å²) in [5, 5.41) is 2.87. The van der Waals surface area contributed by atoms with Crippen LogP contribution < -0.4 is 5.32 Å². The Hall–Kier alpha value is -1.79. The molecule has 3 nitrogen and oxygen atoms in total. The zero-order chi connectivity index (χ0) is 12.1. The molecule has 0 aliphatic carbocycles. The number of anilines is 1. The van der Waals surface area contributed by atoms with Crippen LogP contribution >= 0.6 is 0 Å². The molecule has 1 aliphatic rings. The molecule has 17 heavy (non-hydrogen) atoms. The second kappa shape index (κ2) is 5.51. The number of nitrogens with one attached hydrogen (secondary N) is 1. The maximum Gasteiger partial charge on any atom is 0.229 e. The predicted molar refractivity (Wildman–Crippen MR) is 66.5 cm³/mol. The van der Waals surface area contributed by atoms with Crippen LogP contribution in [0.3, 0.4) is 0 Å². The fourth-order valence-electron chi connectivity index (χ4n) is 1.88. The predicted octanol–water partition coefficient (Wildman–Crippen LogP) is 2.03. The van der Waals surface area contributed by atoms with E-state index >= 15 is 0 Å². The zero-order valence-corrected chi connectivity index (χ0v) is 9.61. The molecule has 1 aromatic carbocycles. The highest BCUT2D eigenvalue weighted by Gasteiger charge is 2.21. The lowest BCUT2D eigenvalue weighted by molar-refractivity contribution is -0.123. The molecule has 2 rings (SSSR count). The summed E-state index contributed by atoms with van der Waals surface area (Å²) in [4.78, 5) is 11.9. The molecule has 1 amide bonds. The Balaban J connectivity index is 1.99. The van der Waals surface area contributed by atoms with Crippen molar-refractivity contribution in [3.63, 3.8) is 0 Å². The first-order valence-corrected chi connectivity index (χ1v) is 5.75. The third kappa shape index (κ3) is 3.08. The summed E-state index contributed by atoms with van der Waals surface area (Å²) in [5.74, 6) is 2.51. The van der Waals surface area contributed by atoms with Crippen LogP contribution in [0, 0.1) is 18.3 Å². The van der Waals surface area contributed by atoms with Crippen molar-refractivity contribution >= 4 is 11.6 Å². The van der Waals surface area contributed by atoms with Gasteiger partial charge in [0, 0.05) is 17.9 Å². The fourth-order valence-corrected chi connectivity index (χ4v) is 1.88. The molecule has 0 saturated carbocycles. The van der Waals surface area contributed by atoms with Crippen molar-refractivity contribution in [2.75, 3.05) is 18.5 Å². The Morgan fingerprint density at radius 1 is 1.53 bits per heavy atom. The van der Waals surface area contributed by atoms with Gasteiger partial charge in [-0.2, -0.15) is 0 Å². The summed E-state index contributed by atoms with van der Waals surface area (Å²) in [6.07, 6.45) is 7.15. The van der Waals surface area contributed by atoms with Crippen LogP contribution in [0.1, 0.15) is 18.4 Å². The first-order valence-electron chi connectivity index (χ1n) is 5.75. The maximum absolute atomic E-state index is 11.9. The van der Waals surface area contributed by atoms with E-state index < -0.39 is 0 Å². The van der Waals surface area contributed by atoms with Crippen LogP contribution in [0.25, 0.3) is 0 Å².